The minimum absolute atomic E-state index is 0.197. The van der Waals surface area contributed by atoms with E-state index in [2.05, 4.69) is 26.6 Å². The topological polar surface area (TPSA) is 73.9 Å². The van der Waals surface area contributed by atoms with E-state index in [0.717, 1.165) is 10.5 Å². The molecule has 0 spiro atoms. The second-order valence-corrected chi connectivity index (χ2v) is 9.27. The Kier molecular flexibility index (Phi) is 6.96. The molecular formula is C23H25BrF2N4O3. The zero-order valence-corrected chi connectivity index (χ0v) is 19.9. The number of nitrogens with one attached hydrogen (secondary N) is 2. The summed E-state index contributed by atoms with van der Waals surface area (Å²) < 4.78 is 36.0. The van der Waals surface area contributed by atoms with Gasteiger partial charge in [0.2, 0.25) is 5.91 Å². The van der Waals surface area contributed by atoms with Gasteiger partial charge < -0.3 is 25.2 Å². The SMILES string of the molecule is CO[C@@H]1C[C@H](C(=O)Nc2cc(F)c3c(c2F)CN(C)CC3)N(C(=O)Nc2ccc(Br)cc2)C1. The highest BCUT2D eigenvalue weighted by Gasteiger charge is 2.40. The molecule has 0 aliphatic carbocycles. The number of nitrogens with zero attached hydrogens (tertiary/aromatic N) is 2. The van der Waals surface area contributed by atoms with Gasteiger partial charge in [-0.3, -0.25) is 4.79 Å². The van der Waals surface area contributed by atoms with Crippen molar-refractivity contribution in [3.8, 4) is 0 Å². The molecule has 0 aromatic heterocycles. The third kappa shape index (κ3) is 5.02. The van der Waals surface area contributed by atoms with E-state index in [0.29, 0.717) is 24.2 Å². The Morgan fingerprint density at radius 1 is 1.15 bits per heavy atom. The van der Waals surface area contributed by atoms with Crippen LogP contribution in [0.4, 0.5) is 25.0 Å². The van der Waals surface area contributed by atoms with Crippen molar-refractivity contribution in [1.82, 2.24) is 9.80 Å². The predicted molar refractivity (Wildman–Crippen MR) is 124 cm³/mol. The number of amides is 3. The molecule has 10 heteroatoms. The van der Waals surface area contributed by atoms with E-state index < -0.39 is 29.6 Å². The second-order valence-electron chi connectivity index (χ2n) is 8.35. The molecule has 0 saturated carbocycles. The highest BCUT2D eigenvalue weighted by atomic mass is 79.9. The molecule has 0 bridgehead atoms. The van der Waals surface area contributed by atoms with Crippen LogP contribution in [0.2, 0.25) is 0 Å². The Morgan fingerprint density at radius 2 is 1.88 bits per heavy atom. The standard InChI is InChI=1S/C23H25BrF2N4O3/c1-29-8-7-16-17(12-29)21(26)19(10-18(16)25)28-22(31)20-9-15(33-2)11-30(20)23(32)27-14-5-3-13(24)4-6-14/h3-6,10,15,20H,7-9,11-12H2,1-2H3,(H,27,32)(H,28,31)/t15-,20-/m1/s1. The Labute approximate surface area is 199 Å². The van der Waals surface area contributed by atoms with E-state index in [4.69, 9.17) is 4.74 Å². The quantitative estimate of drug-likeness (QED) is 0.637. The van der Waals surface area contributed by atoms with Gasteiger partial charge >= 0.3 is 6.03 Å². The fourth-order valence-electron chi connectivity index (χ4n) is 4.28. The molecule has 0 radical (unpaired) electrons. The van der Waals surface area contributed by atoms with E-state index in [1.807, 2.05) is 11.9 Å². The summed E-state index contributed by atoms with van der Waals surface area (Å²) in [5.41, 5.74) is 0.945. The fraction of sp³-hybridized carbons (Fsp3) is 0.391. The Morgan fingerprint density at radius 3 is 2.58 bits per heavy atom. The summed E-state index contributed by atoms with van der Waals surface area (Å²) in [4.78, 5) is 29.2. The van der Waals surface area contributed by atoms with Crippen LogP contribution in [0.3, 0.4) is 0 Å². The third-order valence-corrected chi connectivity index (χ3v) is 6.64. The number of hydrogen-bond donors (Lipinski definition) is 2. The summed E-state index contributed by atoms with van der Waals surface area (Å²) in [6.45, 7) is 1.10. The number of likely N-dealkylation sites (N-methyl/N-ethyl adjacent to an activating group) is 1. The van der Waals surface area contributed by atoms with Crippen LogP contribution >= 0.6 is 15.9 Å². The van der Waals surface area contributed by atoms with E-state index in [1.165, 1.54) is 12.0 Å². The lowest BCUT2D eigenvalue weighted by Crippen LogP contribution is -2.45. The van der Waals surface area contributed by atoms with Crippen molar-refractivity contribution in [1.29, 1.82) is 0 Å². The second kappa shape index (κ2) is 9.74. The normalized spacial score (nSPS) is 20.5. The Bertz CT molecular complexity index is 1070. The van der Waals surface area contributed by atoms with Crippen molar-refractivity contribution < 1.29 is 23.1 Å². The lowest BCUT2D eigenvalue weighted by atomic mass is 9.97. The van der Waals surface area contributed by atoms with Gasteiger partial charge in [-0.1, -0.05) is 15.9 Å². The predicted octanol–water partition coefficient (Wildman–Crippen LogP) is 3.98. The highest BCUT2D eigenvalue weighted by Crippen LogP contribution is 2.30. The smallest absolute Gasteiger partial charge is 0.322 e. The average molecular weight is 523 g/mol. The number of carbonyl (C=O) groups is 2. The van der Waals surface area contributed by atoms with E-state index in [-0.39, 0.29) is 36.9 Å². The van der Waals surface area contributed by atoms with Gasteiger partial charge in [0.15, 0.2) is 5.82 Å². The number of urea groups is 1. The van der Waals surface area contributed by atoms with Crippen LogP contribution in [0.5, 0.6) is 0 Å². The van der Waals surface area contributed by atoms with Gasteiger partial charge in [0.05, 0.1) is 11.8 Å². The van der Waals surface area contributed by atoms with Crippen molar-refractivity contribution in [2.45, 2.75) is 31.5 Å². The van der Waals surface area contributed by atoms with Crippen LogP contribution in [-0.2, 0) is 22.5 Å². The van der Waals surface area contributed by atoms with Crippen molar-refractivity contribution in [3.05, 3.63) is 57.6 Å². The molecule has 4 rings (SSSR count). The first kappa shape index (κ1) is 23.6. The number of ether oxygens (including phenoxy) is 1. The van der Waals surface area contributed by atoms with Gasteiger partial charge in [0, 0.05) is 55.0 Å². The van der Waals surface area contributed by atoms with Gasteiger partial charge in [-0.15, -0.1) is 0 Å². The summed E-state index contributed by atoms with van der Waals surface area (Å²) in [6.07, 6.45) is 0.300. The number of hydrogen-bond acceptors (Lipinski definition) is 4. The summed E-state index contributed by atoms with van der Waals surface area (Å²) in [5, 5.41) is 5.26. The molecule has 2 atom stereocenters. The van der Waals surface area contributed by atoms with Crippen LogP contribution in [-0.4, -0.2) is 61.1 Å². The number of methoxy groups -OCH3 is 1. The van der Waals surface area contributed by atoms with Crippen molar-refractivity contribution in [2.24, 2.45) is 0 Å². The van der Waals surface area contributed by atoms with Crippen LogP contribution in [0.25, 0.3) is 0 Å². The summed E-state index contributed by atoms with van der Waals surface area (Å²) >= 11 is 3.34. The van der Waals surface area contributed by atoms with Gasteiger partial charge in [-0.25, -0.2) is 13.6 Å². The first-order chi connectivity index (χ1) is 15.8. The average Bonchev–Trinajstić information content (AvgIpc) is 3.24. The zero-order valence-electron chi connectivity index (χ0n) is 18.3. The van der Waals surface area contributed by atoms with Gasteiger partial charge in [-0.05, 0) is 43.3 Å². The number of anilines is 2. The fourth-order valence-corrected chi connectivity index (χ4v) is 4.54. The molecule has 2 aliphatic heterocycles. The molecule has 2 aromatic carbocycles. The lowest BCUT2D eigenvalue weighted by molar-refractivity contribution is -0.119. The van der Waals surface area contributed by atoms with Crippen LogP contribution in [0, 0.1) is 11.6 Å². The monoisotopic (exact) mass is 522 g/mol. The molecule has 1 fully saturated rings. The minimum Gasteiger partial charge on any atom is -0.380 e. The molecule has 2 aromatic rings. The number of halogens is 3. The van der Waals surface area contributed by atoms with E-state index >= 15 is 4.39 Å². The lowest BCUT2D eigenvalue weighted by Gasteiger charge is -2.27. The molecule has 2 heterocycles. The minimum atomic E-state index is -0.897. The maximum atomic E-state index is 15.1. The maximum absolute atomic E-state index is 15.1. The molecular weight excluding hydrogens is 498 g/mol. The summed E-state index contributed by atoms with van der Waals surface area (Å²) in [6, 6.07) is 6.67. The molecule has 7 nitrogen and oxygen atoms in total. The van der Waals surface area contributed by atoms with Gasteiger partial charge in [0.1, 0.15) is 11.9 Å². The van der Waals surface area contributed by atoms with E-state index in [1.54, 1.807) is 24.3 Å². The van der Waals surface area contributed by atoms with E-state index in [9.17, 15) is 14.0 Å². The number of likely N-dealkylation sites (tertiary alicyclic amines) is 1. The van der Waals surface area contributed by atoms with Crippen molar-refractivity contribution >= 4 is 39.2 Å². The Hall–Kier alpha value is -2.56. The molecule has 176 valence electrons. The Balaban J connectivity index is 1.53. The number of rotatable bonds is 4. The molecule has 1 saturated heterocycles. The first-order valence-corrected chi connectivity index (χ1v) is 11.4. The summed E-state index contributed by atoms with van der Waals surface area (Å²) in [5.74, 6) is -1.78. The molecule has 3 amide bonds. The molecule has 2 aliphatic rings. The van der Waals surface area contributed by atoms with Crippen molar-refractivity contribution in [2.75, 3.05) is 37.9 Å². The molecule has 0 unspecified atom stereocenters. The van der Waals surface area contributed by atoms with Crippen LogP contribution < -0.4 is 10.6 Å². The largest absolute Gasteiger partial charge is 0.380 e. The summed E-state index contributed by atoms with van der Waals surface area (Å²) in [7, 11) is 3.33. The molecule has 33 heavy (non-hydrogen) atoms. The van der Waals surface area contributed by atoms with Crippen LogP contribution in [0.1, 0.15) is 17.5 Å². The molecule has 2 N–H and O–H groups in total. The first-order valence-electron chi connectivity index (χ1n) is 10.6. The van der Waals surface area contributed by atoms with Gasteiger partial charge in [0.25, 0.3) is 0 Å². The van der Waals surface area contributed by atoms with Crippen molar-refractivity contribution in [3.63, 3.8) is 0 Å². The third-order valence-electron chi connectivity index (χ3n) is 6.11. The zero-order chi connectivity index (χ0) is 23.7. The number of fused-ring (bicyclic) bond motifs is 1. The number of carbonyl (C=O) groups excluding carboxylic acids is 2. The number of benzene rings is 2. The highest BCUT2D eigenvalue weighted by molar-refractivity contribution is 9.10. The maximum Gasteiger partial charge on any atom is 0.322 e. The van der Waals surface area contributed by atoms with Gasteiger partial charge in [-0.2, -0.15) is 0 Å². The van der Waals surface area contributed by atoms with Crippen LogP contribution in [0.15, 0.2) is 34.8 Å².